The van der Waals surface area contributed by atoms with Gasteiger partial charge in [0, 0.05) is 18.2 Å². The maximum Gasteiger partial charge on any atom is 0.336 e. The van der Waals surface area contributed by atoms with Crippen LogP contribution in [-0.2, 0) is 13.2 Å². The van der Waals surface area contributed by atoms with Crippen molar-refractivity contribution in [3.8, 4) is 16.9 Å². The fraction of sp³-hybridized carbons (Fsp3) is 0.310. The molecule has 0 spiro atoms. The molecular weight excluding hydrogens is 426 g/mol. The van der Waals surface area contributed by atoms with Gasteiger partial charge in [-0.25, -0.2) is 4.79 Å². The molecule has 5 nitrogen and oxygen atoms in total. The largest absolute Gasteiger partial charge is 0.489 e. The van der Waals surface area contributed by atoms with Gasteiger partial charge in [0.2, 0.25) is 0 Å². The first kappa shape index (κ1) is 22.2. The first-order valence-electron chi connectivity index (χ1n) is 11.9. The number of rotatable bonds is 6. The minimum absolute atomic E-state index is 0.153. The number of benzene rings is 3. The van der Waals surface area contributed by atoms with E-state index in [0.717, 1.165) is 57.5 Å². The second kappa shape index (κ2) is 8.98. The summed E-state index contributed by atoms with van der Waals surface area (Å²) in [4.78, 5) is 26.3. The van der Waals surface area contributed by atoms with Crippen molar-refractivity contribution >= 4 is 11.9 Å². The van der Waals surface area contributed by atoms with Crippen LogP contribution < -0.4 is 4.74 Å². The van der Waals surface area contributed by atoms with E-state index in [9.17, 15) is 14.7 Å². The number of hydrogen-bond donors (Lipinski definition) is 1. The van der Waals surface area contributed by atoms with Crippen LogP contribution in [0.4, 0.5) is 0 Å². The molecule has 1 heterocycles. The molecule has 0 saturated heterocycles. The van der Waals surface area contributed by atoms with Gasteiger partial charge in [-0.05, 0) is 84.3 Å². The Bertz CT molecular complexity index is 1250. The lowest BCUT2D eigenvalue weighted by Crippen LogP contribution is -2.33. The van der Waals surface area contributed by atoms with Crippen molar-refractivity contribution in [3.05, 3.63) is 88.0 Å². The van der Waals surface area contributed by atoms with Gasteiger partial charge in [0.15, 0.2) is 0 Å². The number of aryl methyl sites for hydroxylation is 2. The zero-order chi connectivity index (χ0) is 23.8. The molecule has 0 unspecified atom stereocenters. The third kappa shape index (κ3) is 4.18. The minimum atomic E-state index is -0.897. The van der Waals surface area contributed by atoms with Crippen molar-refractivity contribution in [1.29, 1.82) is 0 Å². The average Bonchev–Trinajstić information content (AvgIpc) is 3.45. The molecule has 0 radical (unpaired) electrons. The van der Waals surface area contributed by atoms with Crippen molar-refractivity contribution in [1.82, 2.24) is 4.90 Å². The van der Waals surface area contributed by atoms with Crippen LogP contribution >= 0.6 is 0 Å². The molecular formula is C29H29NO4. The molecule has 0 atom stereocenters. The standard InChI is InChI=1S/C29H29NO4/c1-18-12-22(13-19(2)27(18)29(32)33)21-7-5-6-20(14-21)17-34-25-10-11-26-23(15-25)16-30(28(26)31)24-8-3-4-9-24/h5-7,10-15,24H,3-4,8-9,16-17H2,1-2H3,(H,32,33). The van der Waals surface area contributed by atoms with E-state index in [2.05, 4.69) is 6.07 Å². The zero-order valence-electron chi connectivity index (χ0n) is 19.6. The normalized spacial score (nSPS) is 15.6. The number of aromatic carboxylic acids is 1. The number of hydrogen-bond acceptors (Lipinski definition) is 3. The Morgan fingerprint density at radius 3 is 2.44 bits per heavy atom. The average molecular weight is 456 g/mol. The lowest BCUT2D eigenvalue weighted by Gasteiger charge is -2.23. The maximum atomic E-state index is 12.8. The number of amides is 1. The van der Waals surface area contributed by atoms with E-state index in [-0.39, 0.29) is 5.91 Å². The Morgan fingerprint density at radius 2 is 1.74 bits per heavy atom. The molecule has 0 aromatic heterocycles. The van der Waals surface area contributed by atoms with E-state index >= 15 is 0 Å². The summed E-state index contributed by atoms with van der Waals surface area (Å²) in [5, 5.41) is 9.43. The molecule has 3 aromatic carbocycles. The van der Waals surface area contributed by atoms with Gasteiger partial charge < -0.3 is 14.7 Å². The molecule has 1 fully saturated rings. The van der Waals surface area contributed by atoms with Gasteiger partial charge in [-0.15, -0.1) is 0 Å². The molecule has 1 N–H and O–H groups in total. The van der Waals surface area contributed by atoms with Gasteiger partial charge in [0.05, 0.1) is 5.56 Å². The summed E-state index contributed by atoms with van der Waals surface area (Å²) in [7, 11) is 0. The van der Waals surface area contributed by atoms with E-state index in [1.54, 1.807) is 0 Å². The molecule has 1 saturated carbocycles. The SMILES string of the molecule is Cc1cc(-c2cccc(COc3ccc4c(c3)CN(C3CCCC3)C4=O)c2)cc(C)c1C(=O)O. The third-order valence-corrected chi connectivity index (χ3v) is 7.09. The molecule has 3 aromatic rings. The van der Waals surface area contributed by atoms with E-state index in [0.29, 0.717) is 24.8 Å². The van der Waals surface area contributed by atoms with Gasteiger partial charge >= 0.3 is 5.97 Å². The van der Waals surface area contributed by atoms with Gasteiger partial charge in [0.25, 0.3) is 5.91 Å². The van der Waals surface area contributed by atoms with Gasteiger partial charge in [0.1, 0.15) is 12.4 Å². The number of nitrogens with zero attached hydrogens (tertiary/aromatic N) is 1. The van der Waals surface area contributed by atoms with Crippen molar-refractivity contribution in [2.45, 2.75) is 58.7 Å². The molecule has 1 amide bonds. The van der Waals surface area contributed by atoms with Crippen LogP contribution in [0.2, 0.25) is 0 Å². The molecule has 1 aliphatic heterocycles. The van der Waals surface area contributed by atoms with Gasteiger partial charge in [-0.3, -0.25) is 4.79 Å². The first-order valence-corrected chi connectivity index (χ1v) is 11.9. The van der Waals surface area contributed by atoms with Gasteiger partial charge in [-0.1, -0.05) is 43.2 Å². The lowest BCUT2D eigenvalue weighted by atomic mass is 9.95. The van der Waals surface area contributed by atoms with Crippen LogP contribution in [0.3, 0.4) is 0 Å². The van der Waals surface area contributed by atoms with Crippen molar-refractivity contribution in [2.75, 3.05) is 0 Å². The van der Waals surface area contributed by atoms with Crippen LogP contribution in [0.1, 0.15) is 68.7 Å². The molecule has 174 valence electrons. The second-order valence-electron chi connectivity index (χ2n) is 9.47. The van der Waals surface area contributed by atoms with E-state index < -0.39 is 5.97 Å². The number of ether oxygens (including phenoxy) is 1. The Hall–Kier alpha value is -3.60. The first-order chi connectivity index (χ1) is 16.4. The molecule has 0 bridgehead atoms. The van der Waals surface area contributed by atoms with E-state index in [4.69, 9.17) is 4.74 Å². The highest BCUT2D eigenvalue weighted by Crippen LogP contribution is 2.33. The summed E-state index contributed by atoms with van der Waals surface area (Å²) >= 11 is 0. The zero-order valence-corrected chi connectivity index (χ0v) is 19.6. The minimum Gasteiger partial charge on any atom is -0.489 e. The quantitative estimate of drug-likeness (QED) is 0.484. The predicted octanol–water partition coefficient (Wildman–Crippen LogP) is 6.15. The Balaban J connectivity index is 1.30. The molecule has 5 rings (SSSR count). The summed E-state index contributed by atoms with van der Waals surface area (Å²) in [5.41, 5.74) is 6.77. The Morgan fingerprint density at radius 1 is 1.00 bits per heavy atom. The van der Waals surface area contributed by atoms with Crippen LogP contribution in [0.5, 0.6) is 5.75 Å². The predicted molar refractivity (Wildman–Crippen MR) is 131 cm³/mol. The number of carbonyl (C=O) groups excluding carboxylic acids is 1. The van der Waals surface area contributed by atoms with Crippen molar-refractivity contribution in [3.63, 3.8) is 0 Å². The highest BCUT2D eigenvalue weighted by molar-refractivity contribution is 5.98. The monoisotopic (exact) mass is 455 g/mol. The summed E-state index contributed by atoms with van der Waals surface area (Å²) in [5.74, 6) is 0.0227. The number of carbonyl (C=O) groups is 2. The number of carboxylic acid groups (broad SMARTS) is 1. The third-order valence-electron chi connectivity index (χ3n) is 7.09. The maximum absolute atomic E-state index is 12.8. The molecule has 1 aliphatic carbocycles. The van der Waals surface area contributed by atoms with Gasteiger partial charge in [-0.2, -0.15) is 0 Å². The molecule has 5 heteroatoms. The van der Waals surface area contributed by atoms with Crippen LogP contribution in [0.25, 0.3) is 11.1 Å². The van der Waals surface area contributed by atoms with E-state index in [1.165, 1.54) is 12.8 Å². The molecule has 2 aliphatic rings. The van der Waals surface area contributed by atoms with Crippen molar-refractivity contribution in [2.24, 2.45) is 0 Å². The lowest BCUT2D eigenvalue weighted by molar-refractivity contribution is 0.0690. The highest BCUT2D eigenvalue weighted by Gasteiger charge is 2.34. The number of fused-ring (bicyclic) bond motifs is 1. The van der Waals surface area contributed by atoms with E-state index in [1.807, 2.05) is 67.3 Å². The topological polar surface area (TPSA) is 66.8 Å². The fourth-order valence-corrected chi connectivity index (χ4v) is 5.40. The fourth-order valence-electron chi connectivity index (χ4n) is 5.40. The Kier molecular flexibility index (Phi) is 5.86. The Labute approximate surface area is 200 Å². The summed E-state index contributed by atoms with van der Waals surface area (Å²) in [6, 6.07) is 18.1. The summed E-state index contributed by atoms with van der Waals surface area (Å²) < 4.78 is 6.09. The smallest absolute Gasteiger partial charge is 0.336 e. The van der Waals surface area contributed by atoms with Crippen LogP contribution in [0.15, 0.2) is 54.6 Å². The second-order valence-corrected chi connectivity index (χ2v) is 9.47. The summed E-state index contributed by atoms with van der Waals surface area (Å²) in [6.07, 6.45) is 4.64. The van der Waals surface area contributed by atoms with Crippen LogP contribution in [-0.4, -0.2) is 27.9 Å². The molecule has 34 heavy (non-hydrogen) atoms. The number of carboxylic acids is 1. The summed E-state index contributed by atoms with van der Waals surface area (Å²) in [6.45, 7) is 4.76. The highest BCUT2D eigenvalue weighted by atomic mass is 16.5. The van der Waals surface area contributed by atoms with Crippen molar-refractivity contribution < 1.29 is 19.4 Å². The van der Waals surface area contributed by atoms with Crippen LogP contribution in [0, 0.1) is 13.8 Å².